The lowest BCUT2D eigenvalue weighted by atomic mass is 10.1. The fraction of sp³-hybridized carbons (Fsp3) is 0.561. The van der Waals surface area contributed by atoms with Gasteiger partial charge in [0.05, 0.1) is 0 Å². The third-order valence-electron chi connectivity index (χ3n) is 9.88. The largest absolute Gasteiger partial charge is 0.462 e. The van der Waals surface area contributed by atoms with Gasteiger partial charge in [0.1, 0.15) is 13.2 Å². The van der Waals surface area contributed by atoms with Gasteiger partial charge in [0.25, 0.3) is 0 Å². The van der Waals surface area contributed by atoms with Gasteiger partial charge in [-0.15, -0.1) is 0 Å². The van der Waals surface area contributed by atoms with Gasteiger partial charge in [-0.25, -0.2) is 0 Å². The van der Waals surface area contributed by atoms with Crippen LogP contribution in [0, 0.1) is 0 Å². The molecule has 0 amide bonds. The van der Waals surface area contributed by atoms with Crippen molar-refractivity contribution in [2.45, 2.75) is 194 Å². The van der Waals surface area contributed by atoms with Crippen LogP contribution in [0.1, 0.15) is 188 Å². The Balaban J connectivity index is 4.53. The Kier molecular flexibility index (Phi) is 46.7. The molecule has 352 valence electrons. The number of carbonyl (C=O) groups excluding carboxylic acids is 3. The molecule has 1 unspecified atom stereocenters. The standard InChI is InChI=1S/C57H88O6/c1-4-7-10-13-16-19-22-25-28-31-34-37-40-43-46-49-55(58)61-52-54(63-57(60)51-48-45-42-39-36-33-30-27-24-21-18-15-12-9-6-3)53-62-56(59)50-47-44-41-38-35-32-29-26-23-20-17-14-11-8-5-2/h7-25,28,31,34,54H,4-6,26-27,29-30,32-33,35-53H2,1-3H3/b10-7-,11-8-,12-9-,16-13-,17-14-,18-15-,22-19-,23-20-,24-21-,28-25-,34-31-. The zero-order valence-corrected chi connectivity index (χ0v) is 40.0. The van der Waals surface area contributed by atoms with Crippen LogP contribution in [0.15, 0.2) is 134 Å². The number of allylic oxidation sites excluding steroid dienone is 22. The van der Waals surface area contributed by atoms with Gasteiger partial charge < -0.3 is 14.2 Å². The van der Waals surface area contributed by atoms with E-state index in [-0.39, 0.29) is 31.1 Å². The summed E-state index contributed by atoms with van der Waals surface area (Å²) in [7, 11) is 0. The Bertz CT molecular complexity index is 1420. The summed E-state index contributed by atoms with van der Waals surface area (Å²) in [5.41, 5.74) is 0. The van der Waals surface area contributed by atoms with E-state index < -0.39 is 6.10 Å². The van der Waals surface area contributed by atoms with Crippen LogP contribution in [-0.4, -0.2) is 37.2 Å². The molecule has 0 aliphatic carbocycles. The average Bonchev–Trinajstić information content (AvgIpc) is 3.28. The summed E-state index contributed by atoms with van der Waals surface area (Å²) in [6.45, 7) is 6.15. The van der Waals surface area contributed by atoms with Gasteiger partial charge in [-0.05, 0) is 77.0 Å². The first-order valence-electron chi connectivity index (χ1n) is 24.8. The number of ether oxygens (including phenoxy) is 3. The number of carbonyl (C=O) groups is 3. The molecule has 6 nitrogen and oxygen atoms in total. The molecule has 0 aromatic rings. The molecular weight excluding hydrogens is 781 g/mol. The molecule has 0 fully saturated rings. The molecule has 1 atom stereocenters. The molecule has 0 aliphatic rings. The van der Waals surface area contributed by atoms with E-state index in [1.165, 1.54) is 44.9 Å². The first kappa shape index (κ1) is 58.6. The zero-order valence-electron chi connectivity index (χ0n) is 40.0. The summed E-state index contributed by atoms with van der Waals surface area (Å²) in [5.74, 6) is -0.986. The van der Waals surface area contributed by atoms with Crippen LogP contribution in [0.2, 0.25) is 0 Å². The molecule has 0 aromatic heterocycles. The first-order chi connectivity index (χ1) is 31.0. The van der Waals surface area contributed by atoms with Crippen molar-refractivity contribution in [2.24, 2.45) is 0 Å². The van der Waals surface area contributed by atoms with E-state index in [4.69, 9.17) is 14.2 Å². The first-order valence-corrected chi connectivity index (χ1v) is 24.8. The molecular formula is C57H88O6. The van der Waals surface area contributed by atoms with Crippen LogP contribution in [0.4, 0.5) is 0 Å². The van der Waals surface area contributed by atoms with Gasteiger partial charge in [0.15, 0.2) is 6.10 Å². The second-order valence-electron chi connectivity index (χ2n) is 15.8. The van der Waals surface area contributed by atoms with Crippen molar-refractivity contribution in [3.63, 3.8) is 0 Å². The van der Waals surface area contributed by atoms with Crippen LogP contribution in [0.5, 0.6) is 0 Å². The monoisotopic (exact) mass is 869 g/mol. The topological polar surface area (TPSA) is 78.9 Å². The maximum atomic E-state index is 12.8. The molecule has 0 aromatic carbocycles. The van der Waals surface area contributed by atoms with Gasteiger partial charge in [0, 0.05) is 19.3 Å². The predicted octanol–water partition coefficient (Wildman–Crippen LogP) is 16.3. The van der Waals surface area contributed by atoms with Crippen LogP contribution in [0.25, 0.3) is 0 Å². The third kappa shape index (κ3) is 48.4. The molecule has 0 rings (SSSR count). The molecule has 0 heterocycles. The van der Waals surface area contributed by atoms with E-state index in [0.717, 1.165) is 103 Å². The fourth-order valence-corrected chi connectivity index (χ4v) is 6.23. The molecule has 0 aliphatic heterocycles. The highest BCUT2D eigenvalue weighted by Crippen LogP contribution is 2.13. The molecule has 0 bridgehead atoms. The lowest BCUT2D eigenvalue weighted by Crippen LogP contribution is -2.30. The lowest BCUT2D eigenvalue weighted by molar-refractivity contribution is -0.167. The van der Waals surface area contributed by atoms with Gasteiger partial charge >= 0.3 is 17.9 Å². The van der Waals surface area contributed by atoms with Gasteiger partial charge in [-0.1, -0.05) is 225 Å². The predicted molar refractivity (Wildman–Crippen MR) is 269 cm³/mol. The minimum atomic E-state index is -0.812. The van der Waals surface area contributed by atoms with Crippen molar-refractivity contribution in [2.75, 3.05) is 13.2 Å². The number of unbranched alkanes of at least 4 members (excludes halogenated alkanes) is 17. The van der Waals surface area contributed by atoms with E-state index >= 15 is 0 Å². The van der Waals surface area contributed by atoms with E-state index in [2.05, 4.69) is 106 Å². The summed E-state index contributed by atoms with van der Waals surface area (Å²) < 4.78 is 16.7. The van der Waals surface area contributed by atoms with Crippen LogP contribution < -0.4 is 0 Å². The van der Waals surface area contributed by atoms with E-state index in [0.29, 0.717) is 19.3 Å². The average molecular weight is 869 g/mol. The number of hydrogen-bond donors (Lipinski definition) is 0. The normalized spacial score (nSPS) is 13.3. The summed E-state index contributed by atoms with van der Waals surface area (Å²) in [6.07, 6.45) is 70.0. The van der Waals surface area contributed by atoms with E-state index in [9.17, 15) is 14.4 Å². The maximum Gasteiger partial charge on any atom is 0.306 e. The number of hydrogen-bond acceptors (Lipinski definition) is 6. The van der Waals surface area contributed by atoms with Crippen LogP contribution in [-0.2, 0) is 28.6 Å². The Labute approximate surface area is 385 Å². The molecule has 0 saturated heterocycles. The van der Waals surface area contributed by atoms with E-state index in [1.807, 2.05) is 48.6 Å². The Hall–Kier alpha value is -4.45. The third-order valence-corrected chi connectivity index (χ3v) is 9.88. The fourth-order valence-electron chi connectivity index (χ4n) is 6.23. The van der Waals surface area contributed by atoms with Crippen molar-refractivity contribution in [3.05, 3.63) is 134 Å². The van der Waals surface area contributed by atoms with Crippen molar-refractivity contribution in [3.8, 4) is 0 Å². The molecule has 6 heteroatoms. The summed E-state index contributed by atoms with van der Waals surface area (Å²) in [6, 6.07) is 0. The zero-order chi connectivity index (χ0) is 45.8. The number of esters is 3. The highest BCUT2D eigenvalue weighted by Gasteiger charge is 2.19. The SMILES string of the molecule is CC\C=C/C=C\C=C/C=C\C=C/CCCCCC(=O)OCC(COC(=O)CCCCCCCCC\C=C/C=C\C=C/CC)OC(=O)CCCCCCCCC\C=C/C=C\C=C/CC. The quantitative estimate of drug-likeness (QED) is 0.0263. The minimum absolute atomic E-state index is 0.109. The van der Waals surface area contributed by atoms with Crippen molar-refractivity contribution < 1.29 is 28.6 Å². The van der Waals surface area contributed by atoms with Crippen molar-refractivity contribution in [1.29, 1.82) is 0 Å². The van der Waals surface area contributed by atoms with E-state index in [1.54, 1.807) is 0 Å². The van der Waals surface area contributed by atoms with Gasteiger partial charge in [-0.2, -0.15) is 0 Å². The molecule has 0 radical (unpaired) electrons. The van der Waals surface area contributed by atoms with Crippen LogP contribution in [0.3, 0.4) is 0 Å². The number of rotatable bonds is 42. The summed E-state index contributed by atoms with van der Waals surface area (Å²) >= 11 is 0. The summed E-state index contributed by atoms with van der Waals surface area (Å²) in [5, 5.41) is 0. The van der Waals surface area contributed by atoms with Crippen LogP contribution >= 0.6 is 0 Å². The Morgan fingerprint density at radius 3 is 0.905 bits per heavy atom. The second-order valence-corrected chi connectivity index (χ2v) is 15.8. The second kappa shape index (κ2) is 50.2. The maximum absolute atomic E-state index is 12.8. The molecule has 0 spiro atoms. The van der Waals surface area contributed by atoms with Crippen molar-refractivity contribution in [1.82, 2.24) is 0 Å². The highest BCUT2D eigenvalue weighted by molar-refractivity contribution is 5.71. The van der Waals surface area contributed by atoms with Crippen molar-refractivity contribution >= 4 is 17.9 Å². The van der Waals surface area contributed by atoms with Gasteiger partial charge in [0.2, 0.25) is 0 Å². The minimum Gasteiger partial charge on any atom is -0.462 e. The smallest absolute Gasteiger partial charge is 0.306 e. The summed E-state index contributed by atoms with van der Waals surface area (Å²) in [4.78, 5) is 38.0. The molecule has 0 saturated carbocycles. The lowest BCUT2D eigenvalue weighted by Gasteiger charge is -2.18. The van der Waals surface area contributed by atoms with Gasteiger partial charge in [-0.3, -0.25) is 14.4 Å². The highest BCUT2D eigenvalue weighted by atomic mass is 16.6. The Morgan fingerprint density at radius 2 is 0.571 bits per heavy atom. The molecule has 63 heavy (non-hydrogen) atoms. The Morgan fingerprint density at radius 1 is 0.317 bits per heavy atom. The molecule has 0 N–H and O–H groups in total.